The Hall–Kier alpha value is -0.650. The molecule has 2 rings (SSSR count). The topological polar surface area (TPSA) is 37.4 Å². The lowest BCUT2D eigenvalue weighted by Crippen LogP contribution is -2.34. The van der Waals surface area contributed by atoms with Crippen LogP contribution in [-0.4, -0.2) is 38.3 Å². The summed E-state index contributed by atoms with van der Waals surface area (Å²) in [6.07, 6.45) is 3.46. The van der Waals surface area contributed by atoms with Gasteiger partial charge in [0, 0.05) is 38.2 Å². The minimum absolute atomic E-state index is 0.725. The Bertz CT molecular complexity index is 400. The van der Waals surface area contributed by atoms with Crippen molar-refractivity contribution < 1.29 is 4.74 Å². The third-order valence-electron chi connectivity index (χ3n) is 3.92. The molecule has 114 valence electrons. The van der Waals surface area contributed by atoms with Gasteiger partial charge in [-0.2, -0.15) is 0 Å². The summed E-state index contributed by atoms with van der Waals surface area (Å²) in [5, 5.41) is 4.63. The number of ether oxygens (including phenoxy) is 1. The predicted octanol–water partition coefficient (Wildman–Crippen LogP) is 2.68. The van der Waals surface area contributed by atoms with Gasteiger partial charge in [0.15, 0.2) is 5.13 Å². The van der Waals surface area contributed by atoms with Crippen molar-refractivity contribution in [2.45, 2.75) is 39.7 Å². The first-order chi connectivity index (χ1) is 9.78. The Labute approximate surface area is 126 Å². The standard InChI is InChI=1S/C15H27N3OS/c1-4-13-14(10-16-5-2)20-15(17-13)18-8-6-12(7-9-18)11-19-3/h12,16H,4-11H2,1-3H3. The summed E-state index contributed by atoms with van der Waals surface area (Å²) in [4.78, 5) is 8.71. The third kappa shape index (κ3) is 3.93. The Balaban J connectivity index is 1.97. The molecule has 2 heterocycles. The van der Waals surface area contributed by atoms with Crippen molar-refractivity contribution in [2.75, 3.05) is 38.3 Å². The second kappa shape index (κ2) is 7.96. The Morgan fingerprint density at radius 1 is 1.35 bits per heavy atom. The molecule has 0 aromatic carbocycles. The number of nitrogens with zero attached hydrogens (tertiary/aromatic N) is 2. The number of methoxy groups -OCH3 is 1. The lowest BCUT2D eigenvalue weighted by atomic mass is 9.98. The quantitative estimate of drug-likeness (QED) is 0.839. The fourth-order valence-corrected chi connectivity index (χ4v) is 3.85. The van der Waals surface area contributed by atoms with Gasteiger partial charge in [0.1, 0.15) is 0 Å². The molecular formula is C15H27N3OS. The average molecular weight is 297 g/mol. The van der Waals surface area contributed by atoms with E-state index in [-0.39, 0.29) is 0 Å². The molecule has 0 bridgehead atoms. The summed E-state index contributed by atoms with van der Waals surface area (Å²) in [5.41, 5.74) is 1.27. The zero-order valence-corrected chi connectivity index (χ0v) is 13.8. The molecule has 1 N–H and O–H groups in total. The second-order valence-corrected chi connectivity index (χ2v) is 6.45. The van der Waals surface area contributed by atoms with Crippen molar-refractivity contribution in [3.05, 3.63) is 10.6 Å². The Morgan fingerprint density at radius 2 is 2.10 bits per heavy atom. The van der Waals surface area contributed by atoms with Gasteiger partial charge in [0.05, 0.1) is 5.69 Å². The lowest BCUT2D eigenvalue weighted by Gasteiger charge is -2.31. The largest absolute Gasteiger partial charge is 0.384 e. The highest BCUT2D eigenvalue weighted by molar-refractivity contribution is 7.15. The molecule has 20 heavy (non-hydrogen) atoms. The highest BCUT2D eigenvalue weighted by Gasteiger charge is 2.22. The number of thiazole rings is 1. The first-order valence-electron chi connectivity index (χ1n) is 7.71. The number of aromatic nitrogens is 1. The molecule has 0 amide bonds. The smallest absolute Gasteiger partial charge is 0.185 e. The van der Waals surface area contributed by atoms with Crippen LogP contribution in [0.4, 0.5) is 5.13 Å². The van der Waals surface area contributed by atoms with E-state index in [1.165, 1.54) is 28.5 Å². The number of anilines is 1. The molecule has 1 aliphatic rings. The van der Waals surface area contributed by atoms with Gasteiger partial charge in [-0.1, -0.05) is 13.8 Å². The Kier molecular flexibility index (Phi) is 6.26. The van der Waals surface area contributed by atoms with E-state index in [0.29, 0.717) is 0 Å². The molecule has 1 aromatic rings. The average Bonchev–Trinajstić information content (AvgIpc) is 2.89. The van der Waals surface area contributed by atoms with Crippen molar-refractivity contribution in [3.8, 4) is 0 Å². The molecule has 1 fully saturated rings. The molecule has 0 unspecified atom stereocenters. The zero-order chi connectivity index (χ0) is 14.4. The monoisotopic (exact) mass is 297 g/mol. The van der Waals surface area contributed by atoms with Gasteiger partial charge in [-0.3, -0.25) is 0 Å². The van der Waals surface area contributed by atoms with Crippen molar-refractivity contribution in [1.29, 1.82) is 0 Å². The highest BCUT2D eigenvalue weighted by Crippen LogP contribution is 2.30. The molecule has 0 saturated carbocycles. The summed E-state index contributed by atoms with van der Waals surface area (Å²) in [6.45, 7) is 9.44. The van der Waals surface area contributed by atoms with Gasteiger partial charge in [0.2, 0.25) is 0 Å². The predicted molar refractivity (Wildman–Crippen MR) is 85.7 cm³/mol. The Morgan fingerprint density at radius 3 is 2.70 bits per heavy atom. The highest BCUT2D eigenvalue weighted by atomic mass is 32.1. The van der Waals surface area contributed by atoms with E-state index < -0.39 is 0 Å². The van der Waals surface area contributed by atoms with Crippen LogP contribution in [0.25, 0.3) is 0 Å². The normalized spacial score (nSPS) is 16.9. The van der Waals surface area contributed by atoms with E-state index in [4.69, 9.17) is 9.72 Å². The third-order valence-corrected chi connectivity index (χ3v) is 5.08. The van der Waals surface area contributed by atoms with E-state index >= 15 is 0 Å². The van der Waals surface area contributed by atoms with Crippen molar-refractivity contribution in [3.63, 3.8) is 0 Å². The summed E-state index contributed by atoms with van der Waals surface area (Å²) in [6, 6.07) is 0. The number of nitrogens with one attached hydrogen (secondary N) is 1. The summed E-state index contributed by atoms with van der Waals surface area (Å²) < 4.78 is 5.27. The van der Waals surface area contributed by atoms with Crippen molar-refractivity contribution in [1.82, 2.24) is 10.3 Å². The van der Waals surface area contributed by atoms with Gasteiger partial charge >= 0.3 is 0 Å². The van der Waals surface area contributed by atoms with Crippen molar-refractivity contribution >= 4 is 16.5 Å². The molecular weight excluding hydrogens is 270 g/mol. The summed E-state index contributed by atoms with van der Waals surface area (Å²) in [7, 11) is 1.80. The maximum Gasteiger partial charge on any atom is 0.185 e. The number of aryl methyl sites for hydroxylation is 1. The maximum absolute atomic E-state index is 5.27. The van der Waals surface area contributed by atoms with Gasteiger partial charge in [-0.15, -0.1) is 11.3 Å². The minimum atomic E-state index is 0.725. The molecule has 5 heteroatoms. The molecule has 0 aliphatic carbocycles. The number of hydrogen-bond donors (Lipinski definition) is 1. The van der Waals surface area contributed by atoms with Crippen LogP contribution in [0.5, 0.6) is 0 Å². The SMILES string of the molecule is CCNCc1sc(N2CCC(COC)CC2)nc1CC. The van der Waals surface area contributed by atoms with E-state index in [1.807, 2.05) is 11.3 Å². The lowest BCUT2D eigenvalue weighted by molar-refractivity contribution is 0.139. The molecule has 1 saturated heterocycles. The van der Waals surface area contributed by atoms with Crippen molar-refractivity contribution in [2.24, 2.45) is 5.92 Å². The van der Waals surface area contributed by atoms with E-state index in [2.05, 4.69) is 24.1 Å². The fourth-order valence-electron chi connectivity index (χ4n) is 2.68. The van der Waals surface area contributed by atoms with Gasteiger partial charge in [-0.25, -0.2) is 4.98 Å². The van der Waals surface area contributed by atoms with Crippen LogP contribution >= 0.6 is 11.3 Å². The van der Waals surface area contributed by atoms with E-state index in [0.717, 1.165) is 45.1 Å². The summed E-state index contributed by atoms with van der Waals surface area (Å²) in [5.74, 6) is 0.725. The molecule has 0 radical (unpaired) electrons. The van der Waals surface area contributed by atoms with Gasteiger partial charge in [0.25, 0.3) is 0 Å². The molecule has 0 atom stereocenters. The fraction of sp³-hybridized carbons (Fsp3) is 0.800. The van der Waals surface area contributed by atoms with Crippen LogP contribution in [0.1, 0.15) is 37.3 Å². The van der Waals surface area contributed by atoms with Crippen LogP contribution in [0.2, 0.25) is 0 Å². The molecule has 0 spiro atoms. The first-order valence-corrected chi connectivity index (χ1v) is 8.53. The van der Waals surface area contributed by atoms with Crippen LogP contribution in [0.15, 0.2) is 0 Å². The molecule has 1 aromatic heterocycles. The number of hydrogen-bond acceptors (Lipinski definition) is 5. The summed E-state index contributed by atoms with van der Waals surface area (Å²) >= 11 is 1.87. The first kappa shape index (κ1) is 15.7. The second-order valence-electron chi connectivity index (χ2n) is 5.39. The maximum atomic E-state index is 5.27. The number of piperidine rings is 1. The van der Waals surface area contributed by atoms with Crippen LogP contribution in [-0.2, 0) is 17.7 Å². The minimum Gasteiger partial charge on any atom is -0.384 e. The van der Waals surface area contributed by atoms with Crippen LogP contribution < -0.4 is 10.2 Å². The van der Waals surface area contributed by atoms with E-state index in [9.17, 15) is 0 Å². The van der Waals surface area contributed by atoms with Gasteiger partial charge in [-0.05, 0) is 31.7 Å². The van der Waals surface area contributed by atoms with E-state index in [1.54, 1.807) is 7.11 Å². The number of rotatable bonds is 7. The zero-order valence-electron chi connectivity index (χ0n) is 12.9. The molecule has 4 nitrogen and oxygen atoms in total. The van der Waals surface area contributed by atoms with Gasteiger partial charge < -0.3 is 15.0 Å². The van der Waals surface area contributed by atoms with Crippen LogP contribution in [0.3, 0.4) is 0 Å². The molecule has 1 aliphatic heterocycles. The van der Waals surface area contributed by atoms with Crippen LogP contribution in [0, 0.1) is 5.92 Å².